The number of phenols is 1. The van der Waals surface area contributed by atoms with Gasteiger partial charge in [-0.05, 0) is 42.3 Å². The van der Waals surface area contributed by atoms with Gasteiger partial charge in [-0.2, -0.15) is 0 Å². The predicted octanol–water partition coefficient (Wildman–Crippen LogP) is 2.00. The number of esters is 1. The standard InChI is InChI=1S/C20H19ClN2O5/c1-28-18(26)14-6-13(7-16(24)8-14)17(25)23-10-20(11-23,19(22)27)9-12-2-4-15(21)5-3-12/h2-8,24H,9-11H2,1H3,(H2,22,27). The van der Waals surface area contributed by atoms with Gasteiger partial charge in [-0.15, -0.1) is 0 Å². The van der Waals surface area contributed by atoms with E-state index in [0.717, 1.165) is 5.56 Å². The summed E-state index contributed by atoms with van der Waals surface area (Å²) in [6.07, 6.45) is 0.386. The highest BCUT2D eigenvalue weighted by molar-refractivity contribution is 6.30. The van der Waals surface area contributed by atoms with Crippen molar-refractivity contribution >= 4 is 29.4 Å². The summed E-state index contributed by atoms with van der Waals surface area (Å²) in [5.41, 5.74) is 5.83. The summed E-state index contributed by atoms with van der Waals surface area (Å²) in [6, 6.07) is 10.9. The Morgan fingerprint density at radius 2 is 1.75 bits per heavy atom. The number of halogens is 1. The highest BCUT2D eigenvalue weighted by atomic mass is 35.5. The predicted molar refractivity (Wildman–Crippen MR) is 102 cm³/mol. The molecular formula is C20H19ClN2O5. The number of rotatable bonds is 5. The molecule has 1 heterocycles. The van der Waals surface area contributed by atoms with Crippen molar-refractivity contribution in [1.29, 1.82) is 0 Å². The molecule has 28 heavy (non-hydrogen) atoms. The molecule has 0 spiro atoms. The number of likely N-dealkylation sites (tertiary alicyclic amines) is 1. The fourth-order valence-electron chi connectivity index (χ4n) is 3.33. The second-order valence-corrected chi connectivity index (χ2v) is 7.31. The molecule has 0 radical (unpaired) electrons. The molecule has 1 saturated heterocycles. The molecule has 0 atom stereocenters. The van der Waals surface area contributed by atoms with E-state index in [1.807, 2.05) is 12.1 Å². The van der Waals surface area contributed by atoms with Crippen molar-refractivity contribution in [1.82, 2.24) is 4.90 Å². The van der Waals surface area contributed by atoms with Gasteiger partial charge in [-0.3, -0.25) is 9.59 Å². The first kappa shape index (κ1) is 19.7. The van der Waals surface area contributed by atoms with Gasteiger partial charge < -0.3 is 20.5 Å². The van der Waals surface area contributed by atoms with Gasteiger partial charge in [0.05, 0.1) is 18.1 Å². The molecule has 7 nitrogen and oxygen atoms in total. The fourth-order valence-corrected chi connectivity index (χ4v) is 3.45. The van der Waals surface area contributed by atoms with Crippen LogP contribution in [0.2, 0.25) is 5.02 Å². The van der Waals surface area contributed by atoms with E-state index in [1.165, 1.54) is 30.2 Å². The van der Waals surface area contributed by atoms with E-state index < -0.39 is 23.2 Å². The molecule has 2 aromatic rings. The smallest absolute Gasteiger partial charge is 0.338 e. The number of primary amides is 1. The SMILES string of the molecule is COC(=O)c1cc(O)cc(C(=O)N2CC(Cc3ccc(Cl)cc3)(C(N)=O)C2)c1. The molecule has 3 rings (SSSR count). The number of amides is 2. The second-order valence-electron chi connectivity index (χ2n) is 6.87. The van der Waals surface area contributed by atoms with Crippen molar-refractivity contribution in [3.63, 3.8) is 0 Å². The molecule has 1 aliphatic heterocycles. The van der Waals surface area contributed by atoms with Crippen LogP contribution in [0, 0.1) is 5.41 Å². The Morgan fingerprint density at radius 3 is 2.32 bits per heavy atom. The Bertz CT molecular complexity index is 936. The van der Waals surface area contributed by atoms with E-state index in [9.17, 15) is 19.5 Å². The maximum atomic E-state index is 12.7. The van der Waals surface area contributed by atoms with E-state index in [-0.39, 0.29) is 30.0 Å². The van der Waals surface area contributed by atoms with E-state index in [1.54, 1.807) is 12.1 Å². The minimum Gasteiger partial charge on any atom is -0.508 e. The number of ether oxygens (including phenoxy) is 1. The van der Waals surface area contributed by atoms with Gasteiger partial charge in [0.1, 0.15) is 5.75 Å². The van der Waals surface area contributed by atoms with E-state index in [0.29, 0.717) is 11.4 Å². The lowest BCUT2D eigenvalue weighted by atomic mass is 9.74. The number of hydrogen-bond acceptors (Lipinski definition) is 5. The summed E-state index contributed by atoms with van der Waals surface area (Å²) in [6.45, 7) is 0.292. The summed E-state index contributed by atoms with van der Waals surface area (Å²) < 4.78 is 4.62. The van der Waals surface area contributed by atoms with Crippen LogP contribution in [0.4, 0.5) is 0 Å². The first-order valence-electron chi connectivity index (χ1n) is 8.50. The zero-order valence-corrected chi connectivity index (χ0v) is 15.9. The Kier molecular flexibility index (Phi) is 5.29. The fraction of sp³-hybridized carbons (Fsp3) is 0.250. The van der Waals surface area contributed by atoms with Gasteiger partial charge in [-0.1, -0.05) is 23.7 Å². The van der Waals surface area contributed by atoms with Crippen molar-refractivity contribution in [3.8, 4) is 5.75 Å². The van der Waals surface area contributed by atoms with E-state index in [4.69, 9.17) is 17.3 Å². The molecule has 0 bridgehead atoms. The summed E-state index contributed by atoms with van der Waals surface area (Å²) in [7, 11) is 1.21. The quantitative estimate of drug-likeness (QED) is 0.743. The second kappa shape index (κ2) is 7.52. The number of methoxy groups -OCH3 is 1. The van der Waals surface area contributed by atoms with Gasteiger partial charge in [-0.25, -0.2) is 4.79 Å². The first-order chi connectivity index (χ1) is 13.2. The minimum atomic E-state index is -0.870. The van der Waals surface area contributed by atoms with Gasteiger partial charge in [0.15, 0.2) is 0 Å². The molecule has 146 valence electrons. The summed E-state index contributed by atoms with van der Waals surface area (Å²) in [5.74, 6) is -1.79. The molecule has 8 heteroatoms. The number of carbonyl (C=O) groups is 3. The van der Waals surface area contributed by atoms with Crippen LogP contribution in [0.5, 0.6) is 5.75 Å². The minimum absolute atomic E-state index is 0.0636. The Balaban J connectivity index is 1.77. The summed E-state index contributed by atoms with van der Waals surface area (Å²) >= 11 is 5.89. The van der Waals surface area contributed by atoms with Crippen LogP contribution in [0.3, 0.4) is 0 Å². The number of nitrogens with two attached hydrogens (primary N) is 1. The van der Waals surface area contributed by atoms with Gasteiger partial charge in [0.25, 0.3) is 5.91 Å². The molecule has 0 unspecified atom stereocenters. The first-order valence-corrected chi connectivity index (χ1v) is 8.88. The monoisotopic (exact) mass is 402 g/mol. The third-order valence-corrected chi connectivity index (χ3v) is 5.09. The Hall–Kier alpha value is -3.06. The molecule has 1 fully saturated rings. The number of benzene rings is 2. The molecule has 3 N–H and O–H groups in total. The lowest BCUT2D eigenvalue weighted by Gasteiger charge is -2.48. The lowest BCUT2D eigenvalue weighted by molar-refractivity contribution is -0.135. The number of phenolic OH excluding ortho intramolecular Hbond substituents is 1. The van der Waals surface area contributed by atoms with Crippen molar-refractivity contribution < 1.29 is 24.2 Å². The maximum absolute atomic E-state index is 12.7. The molecule has 2 amide bonds. The zero-order chi connectivity index (χ0) is 20.5. The van der Waals surface area contributed by atoms with Crippen LogP contribution in [-0.2, 0) is 16.0 Å². The molecular weight excluding hydrogens is 384 g/mol. The third-order valence-electron chi connectivity index (χ3n) is 4.84. The van der Waals surface area contributed by atoms with Gasteiger partial charge in [0.2, 0.25) is 5.91 Å². The average molecular weight is 403 g/mol. The summed E-state index contributed by atoms with van der Waals surface area (Å²) in [4.78, 5) is 38.0. The highest BCUT2D eigenvalue weighted by Crippen LogP contribution is 2.35. The number of carbonyl (C=O) groups excluding carboxylic acids is 3. The van der Waals surface area contributed by atoms with E-state index >= 15 is 0 Å². The van der Waals surface area contributed by atoms with Gasteiger partial charge >= 0.3 is 5.97 Å². The maximum Gasteiger partial charge on any atom is 0.338 e. The van der Waals surface area contributed by atoms with Crippen LogP contribution < -0.4 is 5.73 Å². The van der Waals surface area contributed by atoms with Crippen molar-refractivity contribution in [2.45, 2.75) is 6.42 Å². The molecule has 0 saturated carbocycles. The van der Waals surface area contributed by atoms with E-state index in [2.05, 4.69) is 4.74 Å². The van der Waals surface area contributed by atoms with Crippen molar-refractivity contribution in [2.24, 2.45) is 11.1 Å². The zero-order valence-electron chi connectivity index (χ0n) is 15.1. The van der Waals surface area contributed by atoms with Crippen LogP contribution in [0.15, 0.2) is 42.5 Å². The summed E-state index contributed by atoms with van der Waals surface area (Å²) in [5, 5.41) is 10.4. The average Bonchev–Trinajstić information content (AvgIpc) is 2.63. The lowest BCUT2D eigenvalue weighted by Crippen LogP contribution is -2.64. The number of hydrogen-bond donors (Lipinski definition) is 2. The third kappa shape index (κ3) is 3.80. The van der Waals surface area contributed by atoms with Crippen LogP contribution in [0.25, 0.3) is 0 Å². The highest BCUT2D eigenvalue weighted by Gasteiger charge is 2.50. The molecule has 2 aromatic carbocycles. The molecule has 0 aromatic heterocycles. The molecule has 1 aliphatic rings. The van der Waals surface area contributed by atoms with Crippen molar-refractivity contribution in [3.05, 3.63) is 64.2 Å². The van der Waals surface area contributed by atoms with Crippen LogP contribution >= 0.6 is 11.6 Å². The van der Waals surface area contributed by atoms with Crippen LogP contribution in [0.1, 0.15) is 26.3 Å². The molecule has 0 aliphatic carbocycles. The number of nitrogens with zero attached hydrogens (tertiary/aromatic N) is 1. The van der Waals surface area contributed by atoms with Gasteiger partial charge in [0, 0.05) is 23.7 Å². The van der Waals surface area contributed by atoms with Crippen molar-refractivity contribution in [2.75, 3.05) is 20.2 Å². The Morgan fingerprint density at radius 1 is 1.14 bits per heavy atom. The normalized spacial score (nSPS) is 14.9. The largest absolute Gasteiger partial charge is 0.508 e. The van der Waals surface area contributed by atoms with Crippen LogP contribution in [-0.4, -0.2) is 48.0 Å². The number of aromatic hydroxyl groups is 1. The Labute approximate surface area is 166 Å². The topological polar surface area (TPSA) is 110 Å².